The van der Waals surface area contributed by atoms with E-state index in [0.717, 1.165) is 0 Å². The molecule has 5 nitrogen and oxygen atoms in total. The summed E-state index contributed by atoms with van der Waals surface area (Å²) in [6, 6.07) is -0.0527. The van der Waals surface area contributed by atoms with E-state index in [0.29, 0.717) is 19.6 Å². The molecule has 1 fully saturated rings. The van der Waals surface area contributed by atoms with Gasteiger partial charge in [-0.25, -0.2) is 0 Å². The lowest BCUT2D eigenvalue weighted by Gasteiger charge is -2.10. The van der Waals surface area contributed by atoms with Crippen LogP contribution in [0.2, 0.25) is 0 Å². The first-order valence-corrected chi connectivity index (χ1v) is 3.60. The van der Waals surface area contributed by atoms with Gasteiger partial charge in [0.05, 0.1) is 13.2 Å². The van der Waals surface area contributed by atoms with Crippen molar-refractivity contribution in [3.63, 3.8) is 0 Å². The fraction of sp³-hybridized carbons (Fsp3) is 1.00. The van der Waals surface area contributed by atoms with Crippen molar-refractivity contribution in [2.24, 2.45) is 5.11 Å². The highest BCUT2D eigenvalue weighted by atomic mass is 16.7. The molecule has 1 aliphatic rings. The number of nitrogens with zero attached hydrogens (tertiary/aromatic N) is 3. The molecule has 62 valence electrons. The number of hydrogen-bond acceptors (Lipinski definition) is 3. The monoisotopic (exact) mass is 157 g/mol. The Kier molecular flexibility index (Phi) is 3.16. The van der Waals surface area contributed by atoms with Gasteiger partial charge in [-0.3, -0.25) is 0 Å². The van der Waals surface area contributed by atoms with E-state index in [-0.39, 0.29) is 12.3 Å². The van der Waals surface area contributed by atoms with Gasteiger partial charge in [0, 0.05) is 17.4 Å². The average molecular weight is 157 g/mol. The van der Waals surface area contributed by atoms with Gasteiger partial charge in [0.1, 0.15) is 0 Å². The Balaban J connectivity index is 2.23. The van der Waals surface area contributed by atoms with Gasteiger partial charge in [0.25, 0.3) is 0 Å². The molecule has 0 aliphatic carbocycles. The maximum atomic E-state index is 8.09. The molecule has 0 bridgehead atoms. The number of rotatable bonds is 3. The van der Waals surface area contributed by atoms with Crippen LogP contribution in [-0.4, -0.2) is 25.5 Å². The van der Waals surface area contributed by atoms with E-state index in [9.17, 15) is 0 Å². The number of azide groups is 1. The fourth-order valence-corrected chi connectivity index (χ4v) is 0.957. The zero-order chi connectivity index (χ0) is 8.10. The standard InChI is InChI=1S/C6H11N3O2/c1-5(8-9-7)4-6-10-2-3-11-6/h5-6H,2-4H2,1H3/t5-/m0/s1. The Morgan fingerprint density at radius 2 is 2.27 bits per heavy atom. The maximum Gasteiger partial charge on any atom is 0.158 e. The third-order valence-corrected chi connectivity index (χ3v) is 1.47. The Bertz CT molecular complexity index is 161. The molecule has 11 heavy (non-hydrogen) atoms. The summed E-state index contributed by atoms with van der Waals surface area (Å²) in [5, 5.41) is 3.51. The summed E-state index contributed by atoms with van der Waals surface area (Å²) in [4.78, 5) is 2.69. The largest absolute Gasteiger partial charge is 0.350 e. The molecule has 1 atom stereocenters. The molecule has 0 spiro atoms. The highest BCUT2D eigenvalue weighted by Gasteiger charge is 2.17. The summed E-state index contributed by atoms with van der Waals surface area (Å²) in [5.74, 6) is 0. The Morgan fingerprint density at radius 1 is 1.64 bits per heavy atom. The molecule has 1 saturated heterocycles. The lowest BCUT2D eigenvalue weighted by atomic mass is 10.2. The maximum absolute atomic E-state index is 8.09. The van der Waals surface area contributed by atoms with Gasteiger partial charge in [-0.2, -0.15) is 0 Å². The zero-order valence-corrected chi connectivity index (χ0v) is 6.43. The topological polar surface area (TPSA) is 67.2 Å². The summed E-state index contributed by atoms with van der Waals surface area (Å²) in [6.45, 7) is 3.13. The van der Waals surface area contributed by atoms with Gasteiger partial charge >= 0.3 is 0 Å². The summed E-state index contributed by atoms with van der Waals surface area (Å²) >= 11 is 0. The van der Waals surface area contributed by atoms with Crippen molar-refractivity contribution < 1.29 is 9.47 Å². The Morgan fingerprint density at radius 3 is 2.82 bits per heavy atom. The third kappa shape index (κ3) is 2.76. The molecule has 0 aromatic heterocycles. The SMILES string of the molecule is C[C@@H](CC1OCCO1)N=[N+]=[N-]. The Hall–Kier alpha value is -0.770. The summed E-state index contributed by atoms with van der Waals surface area (Å²) in [7, 11) is 0. The van der Waals surface area contributed by atoms with Crippen LogP contribution in [0.1, 0.15) is 13.3 Å². The molecule has 1 rings (SSSR count). The third-order valence-electron chi connectivity index (χ3n) is 1.47. The number of hydrogen-bond donors (Lipinski definition) is 0. The van der Waals surface area contributed by atoms with Crippen LogP contribution in [-0.2, 0) is 9.47 Å². The summed E-state index contributed by atoms with van der Waals surface area (Å²) in [6.07, 6.45) is 0.472. The van der Waals surface area contributed by atoms with E-state index < -0.39 is 0 Å². The molecule has 0 radical (unpaired) electrons. The molecular weight excluding hydrogens is 146 g/mol. The zero-order valence-electron chi connectivity index (χ0n) is 6.43. The second-order valence-corrected chi connectivity index (χ2v) is 2.46. The summed E-state index contributed by atoms with van der Waals surface area (Å²) < 4.78 is 10.3. The first-order valence-electron chi connectivity index (χ1n) is 3.60. The van der Waals surface area contributed by atoms with Gasteiger partial charge in [-0.05, 0) is 5.53 Å². The van der Waals surface area contributed by atoms with Gasteiger partial charge in [0.2, 0.25) is 0 Å². The van der Waals surface area contributed by atoms with Crippen molar-refractivity contribution in [3.05, 3.63) is 10.4 Å². The second-order valence-electron chi connectivity index (χ2n) is 2.46. The number of ether oxygens (including phenoxy) is 2. The van der Waals surface area contributed by atoms with E-state index in [1.165, 1.54) is 0 Å². The van der Waals surface area contributed by atoms with Gasteiger partial charge < -0.3 is 9.47 Å². The van der Waals surface area contributed by atoms with Crippen LogP contribution >= 0.6 is 0 Å². The second kappa shape index (κ2) is 4.18. The minimum absolute atomic E-state index is 0.0527. The molecule has 0 aromatic rings. The van der Waals surface area contributed by atoms with Crippen LogP contribution in [0.25, 0.3) is 10.4 Å². The van der Waals surface area contributed by atoms with Crippen molar-refractivity contribution >= 4 is 0 Å². The summed E-state index contributed by atoms with van der Waals surface area (Å²) in [5.41, 5.74) is 8.09. The van der Waals surface area contributed by atoms with Crippen LogP contribution in [0, 0.1) is 0 Å². The van der Waals surface area contributed by atoms with Crippen LogP contribution in [0.15, 0.2) is 5.11 Å². The highest BCUT2D eigenvalue weighted by Crippen LogP contribution is 2.11. The van der Waals surface area contributed by atoms with Crippen molar-refractivity contribution in [1.82, 2.24) is 0 Å². The molecule has 1 heterocycles. The van der Waals surface area contributed by atoms with Gasteiger partial charge in [-0.1, -0.05) is 12.0 Å². The van der Waals surface area contributed by atoms with Crippen molar-refractivity contribution in [2.45, 2.75) is 25.7 Å². The van der Waals surface area contributed by atoms with Crippen LogP contribution in [0.5, 0.6) is 0 Å². The lowest BCUT2D eigenvalue weighted by molar-refractivity contribution is -0.0495. The minimum Gasteiger partial charge on any atom is -0.350 e. The van der Waals surface area contributed by atoms with E-state index in [4.69, 9.17) is 15.0 Å². The van der Waals surface area contributed by atoms with Crippen molar-refractivity contribution in [2.75, 3.05) is 13.2 Å². The fourth-order valence-electron chi connectivity index (χ4n) is 0.957. The van der Waals surface area contributed by atoms with Crippen LogP contribution in [0.4, 0.5) is 0 Å². The first-order chi connectivity index (χ1) is 5.33. The molecule has 0 unspecified atom stereocenters. The van der Waals surface area contributed by atoms with Gasteiger partial charge in [-0.15, -0.1) is 0 Å². The van der Waals surface area contributed by atoms with E-state index in [2.05, 4.69) is 10.0 Å². The van der Waals surface area contributed by atoms with E-state index >= 15 is 0 Å². The lowest BCUT2D eigenvalue weighted by Crippen LogP contribution is -2.13. The molecule has 0 N–H and O–H groups in total. The molecular formula is C6H11N3O2. The average Bonchev–Trinajstić information content (AvgIpc) is 2.40. The quantitative estimate of drug-likeness (QED) is 0.353. The molecule has 0 aromatic carbocycles. The smallest absolute Gasteiger partial charge is 0.158 e. The van der Waals surface area contributed by atoms with Crippen molar-refractivity contribution in [3.8, 4) is 0 Å². The molecule has 5 heteroatoms. The first kappa shape index (κ1) is 8.33. The van der Waals surface area contributed by atoms with E-state index in [1.54, 1.807) is 0 Å². The molecule has 1 aliphatic heterocycles. The van der Waals surface area contributed by atoms with Crippen molar-refractivity contribution in [1.29, 1.82) is 0 Å². The minimum atomic E-state index is -0.171. The predicted octanol–water partition coefficient (Wildman–Crippen LogP) is 1.45. The van der Waals surface area contributed by atoms with Crippen LogP contribution < -0.4 is 0 Å². The Labute approximate surface area is 64.9 Å². The van der Waals surface area contributed by atoms with Crippen LogP contribution in [0.3, 0.4) is 0 Å². The normalized spacial score (nSPS) is 21.2. The highest BCUT2D eigenvalue weighted by molar-refractivity contribution is 4.64. The van der Waals surface area contributed by atoms with Gasteiger partial charge in [0.15, 0.2) is 6.29 Å². The molecule has 0 saturated carbocycles. The molecule has 0 amide bonds. The predicted molar refractivity (Wildman–Crippen MR) is 38.9 cm³/mol. The van der Waals surface area contributed by atoms with E-state index in [1.807, 2.05) is 6.92 Å².